The second-order valence-electron chi connectivity index (χ2n) is 8.32. The number of aliphatic imine (C=N–C) groups is 1. The average molecular weight is 503 g/mol. The first-order valence-electron chi connectivity index (χ1n) is 9.99. The van der Waals surface area contributed by atoms with Gasteiger partial charge in [-0.05, 0) is 42.9 Å². The van der Waals surface area contributed by atoms with E-state index in [-0.39, 0.29) is 35.5 Å². The number of nitrogens with zero attached hydrogens (tertiary/aromatic N) is 1. The average Bonchev–Trinajstić information content (AvgIpc) is 3.11. The third kappa shape index (κ3) is 6.14. The molecule has 2 atom stereocenters. The smallest absolute Gasteiger partial charge is 0.231 e. The molecule has 2 N–H and O–H groups in total. The maximum Gasteiger partial charge on any atom is 0.231 e. The SMILES string of the molecule is CCNC(=NCc1ccc2c(c1)OCO2)NCC1CCCOC1C(C)(C)C.I. The number of nitrogens with one attached hydrogen (secondary N) is 2. The summed E-state index contributed by atoms with van der Waals surface area (Å²) < 4.78 is 16.9. The zero-order chi connectivity index (χ0) is 19.3. The number of rotatable bonds is 5. The molecule has 2 aliphatic heterocycles. The first-order valence-corrected chi connectivity index (χ1v) is 9.99. The number of benzene rings is 1. The molecule has 0 aromatic heterocycles. The minimum Gasteiger partial charge on any atom is -0.454 e. The van der Waals surface area contributed by atoms with Crippen LogP contribution < -0.4 is 20.1 Å². The second kappa shape index (κ2) is 10.5. The Morgan fingerprint density at radius 2 is 1.96 bits per heavy atom. The maximum absolute atomic E-state index is 6.09. The molecule has 158 valence electrons. The molecule has 1 fully saturated rings. The van der Waals surface area contributed by atoms with Crippen LogP contribution in [0.3, 0.4) is 0 Å². The van der Waals surface area contributed by atoms with Crippen LogP contribution in [0.25, 0.3) is 0 Å². The molecule has 0 bridgehead atoms. The highest BCUT2D eigenvalue weighted by Crippen LogP contribution is 2.34. The highest BCUT2D eigenvalue weighted by Gasteiger charge is 2.35. The van der Waals surface area contributed by atoms with Crippen molar-refractivity contribution in [2.45, 2.75) is 53.2 Å². The van der Waals surface area contributed by atoms with Gasteiger partial charge in [0.15, 0.2) is 17.5 Å². The normalized spacial score (nSPS) is 21.8. The molecule has 7 heteroatoms. The lowest BCUT2D eigenvalue weighted by Gasteiger charge is -2.40. The Morgan fingerprint density at radius 1 is 1.18 bits per heavy atom. The summed E-state index contributed by atoms with van der Waals surface area (Å²) in [5.74, 6) is 2.94. The monoisotopic (exact) mass is 503 g/mol. The van der Waals surface area contributed by atoms with Crippen LogP contribution in [0.15, 0.2) is 23.2 Å². The van der Waals surface area contributed by atoms with Gasteiger partial charge in [-0.25, -0.2) is 4.99 Å². The standard InChI is InChI=1S/C21H33N3O3.HI/c1-5-22-20(23-12-15-8-9-17-18(11-15)27-14-26-17)24-13-16-7-6-10-25-19(16)21(2,3)4;/h8-9,11,16,19H,5-7,10,12-14H2,1-4H3,(H2,22,23,24);1H. The van der Waals surface area contributed by atoms with E-state index < -0.39 is 0 Å². The number of halogens is 1. The van der Waals surface area contributed by atoms with Crippen LogP contribution in [0.5, 0.6) is 11.5 Å². The Morgan fingerprint density at radius 3 is 2.71 bits per heavy atom. The van der Waals surface area contributed by atoms with E-state index in [1.165, 1.54) is 6.42 Å². The number of guanidine groups is 1. The summed E-state index contributed by atoms with van der Waals surface area (Å²) in [7, 11) is 0. The van der Waals surface area contributed by atoms with Crippen molar-refractivity contribution in [1.29, 1.82) is 0 Å². The second-order valence-corrected chi connectivity index (χ2v) is 8.32. The van der Waals surface area contributed by atoms with Gasteiger partial charge in [0.05, 0.1) is 12.6 Å². The van der Waals surface area contributed by atoms with Gasteiger partial charge in [0.25, 0.3) is 0 Å². The number of hydrogen-bond donors (Lipinski definition) is 2. The van der Waals surface area contributed by atoms with Crippen molar-refractivity contribution in [1.82, 2.24) is 10.6 Å². The van der Waals surface area contributed by atoms with Gasteiger partial charge in [-0.15, -0.1) is 24.0 Å². The fraction of sp³-hybridized carbons (Fsp3) is 0.667. The minimum atomic E-state index is 0. The van der Waals surface area contributed by atoms with Crippen molar-refractivity contribution >= 4 is 29.9 Å². The van der Waals surface area contributed by atoms with Crippen LogP contribution in [0, 0.1) is 11.3 Å². The molecule has 2 aliphatic rings. The summed E-state index contributed by atoms with van der Waals surface area (Å²) in [5.41, 5.74) is 1.25. The summed E-state index contributed by atoms with van der Waals surface area (Å²) in [6.45, 7) is 12.3. The molecule has 1 aromatic carbocycles. The van der Waals surface area contributed by atoms with Crippen LogP contribution >= 0.6 is 24.0 Å². The molecule has 0 saturated carbocycles. The van der Waals surface area contributed by atoms with Crippen LogP contribution in [0.4, 0.5) is 0 Å². The van der Waals surface area contributed by atoms with Crippen molar-refractivity contribution in [2.75, 3.05) is 26.5 Å². The highest BCUT2D eigenvalue weighted by molar-refractivity contribution is 14.0. The first-order chi connectivity index (χ1) is 13.0. The van der Waals surface area contributed by atoms with E-state index in [0.717, 1.165) is 49.1 Å². The zero-order valence-electron chi connectivity index (χ0n) is 17.4. The predicted molar refractivity (Wildman–Crippen MR) is 123 cm³/mol. The van der Waals surface area contributed by atoms with Gasteiger partial charge in [0.1, 0.15) is 0 Å². The molecular formula is C21H34IN3O3. The molecule has 1 aromatic rings. The van der Waals surface area contributed by atoms with E-state index in [0.29, 0.717) is 19.3 Å². The number of ether oxygens (including phenoxy) is 3. The molecule has 6 nitrogen and oxygen atoms in total. The zero-order valence-corrected chi connectivity index (χ0v) is 19.7. The van der Waals surface area contributed by atoms with E-state index in [2.05, 4.69) is 38.3 Å². The van der Waals surface area contributed by atoms with Crippen LogP contribution in [-0.2, 0) is 11.3 Å². The van der Waals surface area contributed by atoms with Crippen molar-refractivity contribution < 1.29 is 14.2 Å². The van der Waals surface area contributed by atoms with Gasteiger partial charge in [-0.1, -0.05) is 26.8 Å². The number of hydrogen-bond acceptors (Lipinski definition) is 4. The Kier molecular flexibility index (Phi) is 8.67. The number of fused-ring (bicyclic) bond motifs is 1. The molecule has 3 rings (SSSR count). The molecule has 1 saturated heterocycles. The summed E-state index contributed by atoms with van der Waals surface area (Å²) >= 11 is 0. The lowest BCUT2D eigenvalue weighted by molar-refractivity contribution is -0.0835. The lowest BCUT2D eigenvalue weighted by Crippen LogP contribution is -2.47. The molecule has 2 unspecified atom stereocenters. The molecule has 0 aliphatic carbocycles. The van der Waals surface area contributed by atoms with Crippen molar-refractivity contribution in [2.24, 2.45) is 16.3 Å². The van der Waals surface area contributed by atoms with Gasteiger partial charge >= 0.3 is 0 Å². The molecule has 28 heavy (non-hydrogen) atoms. The quantitative estimate of drug-likeness (QED) is 0.362. The van der Waals surface area contributed by atoms with Crippen molar-refractivity contribution in [3.63, 3.8) is 0 Å². The van der Waals surface area contributed by atoms with E-state index in [4.69, 9.17) is 19.2 Å². The van der Waals surface area contributed by atoms with Gasteiger partial charge in [-0.3, -0.25) is 0 Å². The maximum atomic E-state index is 6.09. The fourth-order valence-corrected chi connectivity index (χ4v) is 3.79. The topological polar surface area (TPSA) is 64.1 Å². The third-order valence-electron chi connectivity index (χ3n) is 5.03. The van der Waals surface area contributed by atoms with Gasteiger partial charge < -0.3 is 24.8 Å². The Hall–Kier alpha value is -1.22. The summed E-state index contributed by atoms with van der Waals surface area (Å²) in [4.78, 5) is 4.74. The Labute approximate surface area is 185 Å². The fourth-order valence-electron chi connectivity index (χ4n) is 3.79. The summed E-state index contributed by atoms with van der Waals surface area (Å²) in [6, 6.07) is 5.98. The van der Waals surface area contributed by atoms with Gasteiger partial charge in [-0.2, -0.15) is 0 Å². The van der Waals surface area contributed by atoms with Crippen molar-refractivity contribution in [3.8, 4) is 11.5 Å². The van der Waals surface area contributed by atoms with E-state index in [1.54, 1.807) is 0 Å². The van der Waals surface area contributed by atoms with Crippen LogP contribution in [0.2, 0.25) is 0 Å². The van der Waals surface area contributed by atoms with Gasteiger partial charge in [0.2, 0.25) is 6.79 Å². The van der Waals surface area contributed by atoms with Gasteiger partial charge in [0, 0.05) is 25.6 Å². The summed E-state index contributed by atoms with van der Waals surface area (Å²) in [6.07, 6.45) is 2.59. The molecule has 0 amide bonds. The molecule has 0 radical (unpaired) electrons. The summed E-state index contributed by atoms with van der Waals surface area (Å²) in [5, 5.41) is 6.86. The first kappa shape index (κ1) is 23.1. The van der Waals surface area contributed by atoms with Crippen LogP contribution in [-0.4, -0.2) is 38.6 Å². The molecular weight excluding hydrogens is 469 g/mol. The third-order valence-corrected chi connectivity index (χ3v) is 5.03. The van der Waals surface area contributed by atoms with E-state index >= 15 is 0 Å². The molecule has 0 spiro atoms. The highest BCUT2D eigenvalue weighted by atomic mass is 127. The van der Waals surface area contributed by atoms with E-state index in [9.17, 15) is 0 Å². The lowest BCUT2D eigenvalue weighted by atomic mass is 9.78. The predicted octanol–water partition coefficient (Wildman–Crippen LogP) is 3.93. The minimum absolute atomic E-state index is 0. The van der Waals surface area contributed by atoms with E-state index in [1.807, 2.05) is 18.2 Å². The van der Waals surface area contributed by atoms with Crippen molar-refractivity contribution in [3.05, 3.63) is 23.8 Å². The molecule has 2 heterocycles. The largest absolute Gasteiger partial charge is 0.454 e. The Balaban J connectivity index is 0.00000280. The van der Waals surface area contributed by atoms with Crippen LogP contribution in [0.1, 0.15) is 46.1 Å². The Bertz CT molecular complexity index is 661.